The summed E-state index contributed by atoms with van der Waals surface area (Å²) in [6.07, 6.45) is 1.95. The van der Waals surface area contributed by atoms with Gasteiger partial charge in [-0.1, -0.05) is 12.1 Å². The van der Waals surface area contributed by atoms with Crippen molar-refractivity contribution in [2.75, 3.05) is 11.6 Å². The molecule has 0 aliphatic heterocycles. The number of sulfone groups is 1. The van der Waals surface area contributed by atoms with Gasteiger partial charge in [0, 0.05) is 18.4 Å². The van der Waals surface area contributed by atoms with Gasteiger partial charge in [0.1, 0.15) is 6.54 Å². The second-order valence-electron chi connectivity index (χ2n) is 4.93. The number of anilines is 1. The molecule has 2 aromatic rings. The summed E-state index contributed by atoms with van der Waals surface area (Å²) in [5.74, 6) is -0.686. The number of para-hydroxylation sites is 1. The highest BCUT2D eigenvalue weighted by Crippen LogP contribution is 2.20. The minimum atomic E-state index is -3.55. The fraction of sp³-hybridized carbons (Fsp3) is 0.143. The van der Waals surface area contributed by atoms with Gasteiger partial charge < -0.3 is 5.32 Å². The Bertz CT molecular complexity index is 964. The Balaban J connectivity index is 2.26. The van der Waals surface area contributed by atoms with Crippen molar-refractivity contribution in [2.45, 2.75) is 11.4 Å². The van der Waals surface area contributed by atoms with Crippen LogP contribution >= 0.6 is 0 Å². The molecule has 2 rings (SSSR count). The topological polar surface area (TPSA) is 128 Å². The van der Waals surface area contributed by atoms with Crippen molar-refractivity contribution in [3.63, 3.8) is 0 Å². The van der Waals surface area contributed by atoms with Crippen LogP contribution in [0.5, 0.6) is 0 Å². The Labute approximate surface area is 136 Å². The molecule has 0 atom stereocenters. The molecule has 1 aromatic heterocycles. The average molecular weight is 351 g/mol. The monoisotopic (exact) mass is 351 g/mol. The highest BCUT2D eigenvalue weighted by Gasteiger charge is 2.16. The van der Waals surface area contributed by atoms with Crippen LogP contribution < -0.4 is 10.9 Å². The third-order valence-electron chi connectivity index (χ3n) is 3.05. The molecule has 0 aliphatic carbocycles. The molecule has 0 bridgehead atoms. The molecule has 0 saturated heterocycles. The number of carbonyl (C=O) groups excluding carboxylic acids is 1. The number of amides is 1. The van der Waals surface area contributed by atoms with Crippen molar-refractivity contribution in [3.05, 3.63) is 63.1 Å². The number of pyridine rings is 1. The molecule has 10 heteroatoms. The molecule has 0 fully saturated rings. The van der Waals surface area contributed by atoms with E-state index in [9.17, 15) is 28.1 Å². The highest BCUT2D eigenvalue weighted by atomic mass is 32.2. The number of benzene rings is 1. The van der Waals surface area contributed by atoms with Gasteiger partial charge in [0.2, 0.25) is 5.91 Å². The van der Waals surface area contributed by atoms with Crippen LogP contribution in [0.3, 0.4) is 0 Å². The van der Waals surface area contributed by atoms with Gasteiger partial charge in [0.05, 0.1) is 21.7 Å². The number of nitro groups is 1. The summed E-state index contributed by atoms with van der Waals surface area (Å²) in [4.78, 5) is 33.7. The first-order valence-electron chi connectivity index (χ1n) is 6.62. The Kier molecular flexibility index (Phi) is 4.79. The van der Waals surface area contributed by atoms with E-state index in [1.807, 2.05) is 0 Å². The fourth-order valence-electron chi connectivity index (χ4n) is 1.99. The van der Waals surface area contributed by atoms with Crippen LogP contribution in [0.1, 0.15) is 0 Å². The molecule has 0 radical (unpaired) electrons. The maximum atomic E-state index is 12.1. The van der Waals surface area contributed by atoms with Crippen LogP contribution in [0.15, 0.2) is 52.3 Å². The van der Waals surface area contributed by atoms with E-state index in [4.69, 9.17) is 0 Å². The number of nitrogens with zero attached hydrogens (tertiary/aromatic N) is 2. The summed E-state index contributed by atoms with van der Waals surface area (Å²) in [6.45, 7) is -0.487. The summed E-state index contributed by atoms with van der Waals surface area (Å²) >= 11 is 0. The standard InChI is InChI=1S/C14H13N3O6S/c1-24(22,23)12-5-3-2-4-11(12)15-13(18)9-16-8-10(17(20)21)6-7-14(16)19/h2-8H,9H2,1H3,(H,15,18). The fourth-order valence-corrected chi connectivity index (χ4v) is 2.83. The summed E-state index contributed by atoms with van der Waals surface area (Å²) in [7, 11) is -3.55. The van der Waals surface area contributed by atoms with Crippen molar-refractivity contribution in [1.82, 2.24) is 4.57 Å². The number of nitrogens with one attached hydrogen (secondary N) is 1. The molecule has 1 N–H and O–H groups in total. The van der Waals surface area contributed by atoms with Gasteiger partial charge in [-0.3, -0.25) is 24.3 Å². The summed E-state index contributed by atoms with van der Waals surface area (Å²) in [5.41, 5.74) is -0.852. The third kappa shape index (κ3) is 4.04. The molecule has 0 aliphatic rings. The van der Waals surface area contributed by atoms with Crippen LogP contribution in [-0.4, -0.2) is 30.1 Å². The minimum Gasteiger partial charge on any atom is -0.323 e. The summed E-state index contributed by atoms with van der Waals surface area (Å²) in [6, 6.07) is 7.82. The number of hydrogen-bond acceptors (Lipinski definition) is 6. The molecule has 0 saturated carbocycles. The zero-order valence-electron chi connectivity index (χ0n) is 12.5. The molecule has 9 nitrogen and oxygen atoms in total. The van der Waals surface area contributed by atoms with Gasteiger partial charge in [0.15, 0.2) is 9.84 Å². The molecule has 1 aromatic carbocycles. The van der Waals surface area contributed by atoms with E-state index >= 15 is 0 Å². The maximum absolute atomic E-state index is 12.1. The lowest BCUT2D eigenvalue weighted by molar-refractivity contribution is -0.385. The molecular weight excluding hydrogens is 338 g/mol. The molecule has 0 spiro atoms. The SMILES string of the molecule is CS(=O)(=O)c1ccccc1NC(=O)Cn1cc([N+](=O)[O-])ccc1=O. The van der Waals surface area contributed by atoms with Crippen LogP contribution in [-0.2, 0) is 21.2 Å². The zero-order valence-corrected chi connectivity index (χ0v) is 13.3. The van der Waals surface area contributed by atoms with Crippen molar-refractivity contribution in [3.8, 4) is 0 Å². The lowest BCUT2D eigenvalue weighted by Crippen LogP contribution is -2.27. The van der Waals surface area contributed by atoms with Crippen LogP contribution in [0.2, 0.25) is 0 Å². The van der Waals surface area contributed by atoms with Gasteiger partial charge in [0.25, 0.3) is 11.2 Å². The Morgan fingerprint density at radius 2 is 1.92 bits per heavy atom. The Morgan fingerprint density at radius 1 is 1.25 bits per heavy atom. The first kappa shape index (κ1) is 17.3. The number of hydrogen-bond donors (Lipinski definition) is 1. The number of aromatic nitrogens is 1. The average Bonchev–Trinajstić information content (AvgIpc) is 2.48. The zero-order chi connectivity index (χ0) is 17.9. The largest absolute Gasteiger partial charge is 0.323 e. The first-order valence-corrected chi connectivity index (χ1v) is 8.51. The van der Waals surface area contributed by atoms with Gasteiger partial charge in [-0.25, -0.2) is 8.42 Å². The predicted molar refractivity (Wildman–Crippen MR) is 85.5 cm³/mol. The molecule has 0 unspecified atom stereocenters. The summed E-state index contributed by atoms with van der Waals surface area (Å²) in [5, 5.41) is 13.1. The molecule has 1 heterocycles. The van der Waals surface area contributed by atoms with Gasteiger partial charge in [-0.15, -0.1) is 0 Å². The second-order valence-corrected chi connectivity index (χ2v) is 6.91. The quantitative estimate of drug-likeness (QED) is 0.627. The van der Waals surface area contributed by atoms with E-state index in [0.29, 0.717) is 0 Å². The maximum Gasteiger partial charge on any atom is 0.285 e. The summed E-state index contributed by atoms with van der Waals surface area (Å²) < 4.78 is 24.2. The Hall–Kier alpha value is -3.01. The molecule has 24 heavy (non-hydrogen) atoms. The van der Waals surface area contributed by atoms with Crippen molar-refractivity contribution in [2.24, 2.45) is 0 Å². The number of rotatable bonds is 5. The molecule has 126 valence electrons. The van der Waals surface area contributed by atoms with E-state index in [1.165, 1.54) is 18.2 Å². The smallest absolute Gasteiger partial charge is 0.285 e. The van der Waals surface area contributed by atoms with Crippen LogP contribution in [0, 0.1) is 10.1 Å². The van der Waals surface area contributed by atoms with E-state index in [0.717, 1.165) is 29.2 Å². The van der Waals surface area contributed by atoms with Gasteiger partial charge >= 0.3 is 0 Å². The van der Waals surface area contributed by atoms with Gasteiger partial charge in [-0.2, -0.15) is 0 Å². The molecular formula is C14H13N3O6S. The predicted octanol–water partition coefficient (Wildman–Crippen LogP) is 0.799. The Morgan fingerprint density at radius 3 is 2.54 bits per heavy atom. The second kappa shape index (κ2) is 6.62. The first-order chi connectivity index (χ1) is 11.2. The van der Waals surface area contributed by atoms with Crippen LogP contribution in [0.25, 0.3) is 0 Å². The van der Waals surface area contributed by atoms with E-state index in [-0.39, 0.29) is 16.3 Å². The molecule has 1 amide bonds. The minimum absolute atomic E-state index is 0.0651. The van der Waals surface area contributed by atoms with E-state index < -0.39 is 32.8 Å². The van der Waals surface area contributed by atoms with E-state index in [1.54, 1.807) is 6.07 Å². The lowest BCUT2D eigenvalue weighted by Gasteiger charge is -2.10. The third-order valence-corrected chi connectivity index (χ3v) is 4.21. The van der Waals surface area contributed by atoms with Crippen molar-refractivity contribution >= 4 is 27.1 Å². The lowest BCUT2D eigenvalue weighted by atomic mass is 10.3. The van der Waals surface area contributed by atoms with Gasteiger partial charge in [-0.05, 0) is 12.1 Å². The number of carbonyl (C=O) groups is 1. The van der Waals surface area contributed by atoms with E-state index in [2.05, 4.69) is 5.32 Å². The van der Waals surface area contributed by atoms with Crippen molar-refractivity contribution < 1.29 is 18.1 Å². The van der Waals surface area contributed by atoms with Crippen LogP contribution in [0.4, 0.5) is 11.4 Å². The van der Waals surface area contributed by atoms with Crippen molar-refractivity contribution in [1.29, 1.82) is 0 Å². The normalized spacial score (nSPS) is 11.0. The highest BCUT2D eigenvalue weighted by molar-refractivity contribution is 7.90.